The predicted molar refractivity (Wildman–Crippen MR) is 241 cm³/mol. The summed E-state index contributed by atoms with van der Waals surface area (Å²) in [5, 5.41) is 26.8. The molecule has 0 spiro atoms. The highest BCUT2D eigenvalue weighted by atomic mass is 16.3. The van der Waals surface area contributed by atoms with Crippen LogP contribution in [0.15, 0.2) is 71.1 Å². The van der Waals surface area contributed by atoms with Crippen molar-refractivity contribution in [3.63, 3.8) is 0 Å². The molecule has 2 aliphatic carbocycles. The fourth-order valence-electron chi connectivity index (χ4n) is 9.78. The molecule has 0 saturated carbocycles. The summed E-state index contributed by atoms with van der Waals surface area (Å²) in [6, 6.07) is 0. The molecule has 1 aromatic carbocycles. The summed E-state index contributed by atoms with van der Waals surface area (Å²) in [6.07, 6.45) is 14.4. The Balaban J connectivity index is 1.67. The smallest absolute Gasteiger partial charge is 0.213 e. The highest BCUT2D eigenvalue weighted by molar-refractivity contribution is 6.31. The van der Waals surface area contributed by atoms with Gasteiger partial charge >= 0.3 is 0 Å². The minimum absolute atomic E-state index is 0.0207. The molecule has 5 aliphatic rings. The number of aliphatic hydroxyl groups excluding tert-OH is 1. The fourth-order valence-corrected chi connectivity index (χ4v) is 9.78. The van der Waals surface area contributed by atoms with E-state index in [1.165, 1.54) is 0 Å². The summed E-state index contributed by atoms with van der Waals surface area (Å²) in [6.45, 7) is 40.9. The van der Waals surface area contributed by atoms with Crippen molar-refractivity contribution in [2.24, 2.45) is 51.8 Å². The number of aliphatic hydroxyl groups is 1. The third kappa shape index (κ3) is 9.08. The molecule has 5 bridgehead atoms. The summed E-state index contributed by atoms with van der Waals surface area (Å²) >= 11 is 0. The lowest BCUT2D eigenvalue weighted by atomic mass is 9.72. The monoisotopic (exact) mass is 778 g/mol. The number of carbonyl (C=O) groups is 1. The van der Waals surface area contributed by atoms with Crippen LogP contribution in [0.2, 0.25) is 0 Å². The van der Waals surface area contributed by atoms with E-state index < -0.39 is 6.10 Å². The zero-order valence-electron chi connectivity index (χ0n) is 37.8. The quantitative estimate of drug-likeness (QED) is 0.266. The highest BCUT2D eigenvalue weighted by Crippen LogP contribution is 2.54. The molecule has 312 valence electrons. The molecule has 1 fully saturated rings. The van der Waals surface area contributed by atoms with Crippen LogP contribution in [0.4, 0.5) is 0 Å². The number of allylic oxidation sites excluding steroid dienone is 8. The summed E-state index contributed by atoms with van der Waals surface area (Å²) in [4.78, 5) is 23.0. The summed E-state index contributed by atoms with van der Waals surface area (Å²) < 4.78 is 0. The van der Waals surface area contributed by atoms with Gasteiger partial charge in [-0.3, -0.25) is 9.79 Å². The number of phenolic OH excluding ortho intramolecular Hbond substituents is 1. The van der Waals surface area contributed by atoms with E-state index in [9.17, 15) is 15.0 Å². The van der Waals surface area contributed by atoms with E-state index in [1.807, 2.05) is 32.9 Å². The first kappa shape index (κ1) is 44.6. The van der Waals surface area contributed by atoms with Crippen LogP contribution in [-0.4, -0.2) is 57.9 Å². The van der Waals surface area contributed by atoms with Gasteiger partial charge in [0.15, 0.2) is 0 Å². The first-order chi connectivity index (χ1) is 26.6. The maximum atomic E-state index is 14.8. The fraction of sp³-hybridized carbons (Fsp3) is 0.608. The molecule has 3 heterocycles. The lowest BCUT2D eigenvalue weighted by Crippen LogP contribution is -2.43. The van der Waals surface area contributed by atoms with E-state index in [-0.39, 0.29) is 28.4 Å². The SMILES string of the molecule is C=C1NC2=C(C)C(=NC3(C)CCN(CC(C)C)CC3)c3c(c(O)c(C)c4c3C(=C)C(C)(C/C=C/C(C)C(C)C(C)C(C)C(C)CC(O)C(C)/C=C/C=C\1C)C4)C2=O. The molecule has 6 heteroatoms. The Bertz CT molecular complexity index is 1900. The normalized spacial score (nSPS) is 34.7. The Morgan fingerprint density at radius 1 is 0.930 bits per heavy atom. The lowest BCUT2D eigenvalue weighted by Gasteiger charge is -2.39. The zero-order chi connectivity index (χ0) is 42.3. The Morgan fingerprint density at radius 2 is 1.58 bits per heavy atom. The number of Topliss-reactive ketones (excluding diaryl/α,β-unsaturated/α-hetero) is 1. The number of hydrogen-bond donors (Lipinski definition) is 3. The van der Waals surface area contributed by atoms with Crippen LogP contribution in [0.25, 0.3) is 5.57 Å². The van der Waals surface area contributed by atoms with Gasteiger partial charge in [0, 0.05) is 47.8 Å². The third-order valence-corrected chi connectivity index (χ3v) is 14.9. The number of nitrogens with one attached hydrogen (secondary N) is 1. The highest BCUT2D eigenvalue weighted by Gasteiger charge is 2.45. The molecule has 0 aromatic heterocycles. The minimum Gasteiger partial charge on any atom is -0.507 e. The molecule has 0 amide bonds. The average Bonchev–Trinajstić information content (AvgIpc) is 3.42. The molecular weight excluding hydrogens is 703 g/mol. The van der Waals surface area contributed by atoms with E-state index in [0.29, 0.717) is 52.5 Å². The van der Waals surface area contributed by atoms with E-state index in [4.69, 9.17) is 11.6 Å². The van der Waals surface area contributed by atoms with E-state index in [1.54, 1.807) is 0 Å². The van der Waals surface area contributed by atoms with E-state index in [0.717, 1.165) is 96.4 Å². The first-order valence-electron chi connectivity index (χ1n) is 21.9. The second-order valence-corrected chi connectivity index (χ2v) is 19.8. The van der Waals surface area contributed by atoms with Crippen LogP contribution in [-0.2, 0) is 6.42 Å². The Morgan fingerprint density at radius 3 is 2.21 bits per heavy atom. The van der Waals surface area contributed by atoms with Gasteiger partial charge in [0.2, 0.25) is 5.78 Å². The van der Waals surface area contributed by atoms with Crippen LogP contribution in [0, 0.1) is 53.8 Å². The second kappa shape index (κ2) is 17.4. The van der Waals surface area contributed by atoms with Crippen LogP contribution < -0.4 is 5.32 Å². The molecule has 8 atom stereocenters. The molecule has 6 nitrogen and oxygen atoms in total. The van der Waals surface area contributed by atoms with Gasteiger partial charge in [0.05, 0.1) is 28.6 Å². The number of carbonyl (C=O) groups excluding carboxylic acids is 1. The number of likely N-dealkylation sites (tertiary alicyclic amines) is 1. The predicted octanol–water partition coefficient (Wildman–Crippen LogP) is 11.2. The van der Waals surface area contributed by atoms with Gasteiger partial charge in [-0.05, 0) is 123 Å². The number of rotatable bonds is 3. The Labute approximate surface area is 346 Å². The van der Waals surface area contributed by atoms with Crippen molar-refractivity contribution in [1.82, 2.24) is 10.2 Å². The molecule has 6 rings (SSSR count). The Kier molecular flexibility index (Phi) is 13.6. The molecule has 0 radical (unpaired) electrons. The standard InChI is InChI=1S/C51H75N3O3/c1-29(2)28-54-24-22-51(15,23-25-54)53-46-38(11)47-49(57)45-44(46)43-39(12)50(14,27-41(43)37(10)48(45)56)21-17-20-30(3)34(7)36(9)35(8)33(6)26-42(55)32(5)19-16-18-31(4)40(13)52-47/h16-20,29-30,32-36,42,52,55-56H,12-13,21-28H2,1-11,14-15H3/b19-16+,20-17+,31-18-,53-46?. The van der Waals surface area contributed by atoms with Gasteiger partial charge in [-0.25, -0.2) is 0 Å². The summed E-state index contributed by atoms with van der Waals surface area (Å²) in [7, 11) is 0. The van der Waals surface area contributed by atoms with Gasteiger partial charge in [0.25, 0.3) is 0 Å². The van der Waals surface area contributed by atoms with Crippen molar-refractivity contribution in [3.8, 4) is 5.75 Å². The van der Waals surface area contributed by atoms with Crippen LogP contribution in [0.3, 0.4) is 0 Å². The number of aromatic hydroxyl groups is 1. The lowest BCUT2D eigenvalue weighted by molar-refractivity contribution is 0.0822. The summed E-state index contributed by atoms with van der Waals surface area (Å²) in [5.74, 6) is 2.51. The van der Waals surface area contributed by atoms with Gasteiger partial charge in [0.1, 0.15) is 5.75 Å². The van der Waals surface area contributed by atoms with Gasteiger partial charge < -0.3 is 20.4 Å². The Hall–Kier alpha value is -3.48. The number of hydrogen-bond acceptors (Lipinski definition) is 6. The maximum absolute atomic E-state index is 14.8. The number of benzene rings is 1. The van der Waals surface area contributed by atoms with Crippen molar-refractivity contribution in [1.29, 1.82) is 0 Å². The van der Waals surface area contributed by atoms with Crippen LogP contribution in [0.5, 0.6) is 5.75 Å². The molecule has 1 aromatic rings. The van der Waals surface area contributed by atoms with Gasteiger partial charge in [-0.1, -0.05) is 106 Å². The molecule has 8 unspecified atom stereocenters. The van der Waals surface area contributed by atoms with Crippen molar-refractivity contribution in [2.45, 2.75) is 134 Å². The van der Waals surface area contributed by atoms with Crippen molar-refractivity contribution in [3.05, 3.63) is 93.9 Å². The van der Waals surface area contributed by atoms with Crippen molar-refractivity contribution >= 4 is 17.1 Å². The number of piperidine rings is 1. The number of fused-ring (bicyclic) bond motifs is 14. The van der Waals surface area contributed by atoms with Crippen molar-refractivity contribution in [2.75, 3.05) is 19.6 Å². The molecule has 1 saturated heterocycles. The van der Waals surface area contributed by atoms with Crippen LogP contribution >= 0.6 is 0 Å². The van der Waals surface area contributed by atoms with Gasteiger partial charge in [-0.15, -0.1) is 0 Å². The zero-order valence-corrected chi connectivity index (χ0v) is 37.8. The maximum Gasteiger partial charge on any atom is 0.213 e. The summed E-state index contributed by atoms with van der Waals surface area (Å²) in [5.41, 5.74) is 7.65. The molecule has 3 N–H and O–H groups in total. The number of phenols is 1. The second-order valence-electron chi connectivity index (χ2n) is 19.8. The molecule has 57 heavy (non-hydrogen) atoms. The topological polar surface area (TPSA) is 85.2 Å². The van der Waals surface area contributed by atoms with Crippen LogP contribution in [0.1, 0.15) is 141 Å². The third-order valence-electron chi connectivity index (χ3n) is 14.9. The molecular formula is C51H75N3O3. The van der Waals surface area contributed by atoms with E-state index in [2.05, 4.69) is 104 Å². The first-order valence-corrected chi connectivity index (χ1v) is 21.9. The molecule has 3 aliphatic heterocycles. The van der Waals surface area contributed by atoms with E-state index >= 15 is 0 Å². The number of aliphatic imine (C=N–C) groups is 1. The van der Waals surface area contributed by atoms with Crippen molar-refractivity contribution < 1.29 is 15.0 Å². The largest absolute Gasteiger partial charge is 0.507 e. The minimum atomic E-state index is -0.449. The average molecular weight is 778 g/mol. The number of ketones is 1. The van der Waals surface area contributed by atoms with Gasteiger partial charge in [-0.2, -0.15) is 0 Å². The number of nitrogens with zero attached hydrogens (tertiary/aromatic N) is 2.